The summed E-state index contributed by atoms with van der Waals surface area (Å²) in [5.41, 5.74) is 6.27. The number of carbonyl (C=O) groups excluding carboxylic acids is 2. The Balaban J connectivity index is 1.30. The Labute approximate surface area is 232 Å². The second-order valence-electron chi connectivity index (χ2n) is 8.01. The normalized spacial score (nSPS) is 21.3. The first-order chi connectivity index (χ1) is 18.4. The van der Waals surface area contributed by atoms with Gasteiger partial charge in [0.25, 0.3) is 11.8 Å². The van der Waals surface area contributed by atoms with Crippen LogP contribution in [-0.2, 0) is 25.8 Å². The van der Waals surface area contributed by atoms with E-state index in [9.17, 15) is 19.5 Å². The second kappa shape index (κ2) is 11.2. The van der Waals surface area contributed by atoms with Gasteiger partial charge in [0.2, 0.25) is 5.16 Å². The molecule has 0 aliphatic carbocycles. The van der Waals surface area contributed by atoms with Crippen LogP contribution in [0.4, 0.5) is 5.13 Å². The van der Waals surface area contributed by atoms with Gasteiger partial charge in [-0.1, -0.05) is 22.8 Å². The van der Waals surface area contributed by atoms with Gasteiger partial charge < -0.3 is 21.0 Å². The van der Waals surface area contributed by atoms with Gasteiger partial charge in [0, 0.05) is 28.4 Å². The molecule has 2 saturated heterocycles. The van der Waals surface area contributed by atoms with Crippen LogP contribution in [0, 0.1) is 12.3 Å². The molecule has 2 unspecified atom stereocenters. The first kappa shape index (κ1) is 26.3. The molecule has 3 aliphatic heterocycles. The van der Waals surface area contributed by atoms with E-state index < -0.39 is 29.2 Å². The predicted molar refractivity (Wildman–Crippen MR) is 142 cm³/mol. The van der Waals surface area contributed by atoms with E-state index in [1.165, 1.54) is 33.1 Å². The first-order valence-corrected chi connectivity index (χ1v) is 15.0. The number of aromatic nitrogens is 5. The number of nitrogen functional groups attached to an aromatic ring is 1. The number of terminal acetylenes is 1. The van der Waals surface area contributed by atoms with Crippen molar-refractivity contribution in [2.45, 2.75) is 29.2 Å². The Kier molecular flexibility index (Phi) is 7.78. The Morgan fingerprint density at radius 3 is 2.89 bits per heavy atom. The summed E-state index contributed by atoms with van der Waals surface area (Å²) in [5.74, 6) is 2.10. The van der Waals surface area contributed by atoms with Gasteiger partial charge in [-0.25, -0.2) is 14.5 Å². The summed E-state index contributed by atoms with van der Waals surface area (Å²) in [4.78, 5) is 49.1. The van der Waals surface area contributed by atoms with Crippen LogP contribution in [0.1, 0.15) is 5.69 Å². The van der Waals surface area contributed by atoms with Crippen LogP contribution in [0.5, 0.6) is 0 Å². The van der Waals surface area contributed by atoms with Crippen LogP contribution in [-0.4, -0.2) is 99.2 Å². The zero-order chi connectivity index (χ0) is 26.8. The van der Waals surface area contributed by atoms with Gasteiger partial charge in [-0.05, 0) is 16.0 Å². The summed E-state index contributed by atoms with van der Waals surface area (Å²) in [7, 11) is 0. The molecule has 5 heterocycles. The minimum atomic E-state index is -1.24. The third-order valence-electron chi connectivity index (χ3n) is 5.53. The number of thioether (sulfide) groups is 3. The fourth-order valence-electron chi connectivity index (χ4n) is 3.64. The van der Waals surface area contributed by atoms with E-state index in [4.69, 9.17) is 17.0 Å². The van der Waals surface area contributed by atoms with Crippen LogP contribution in [0.15, 0.2) is 27.0 Å². The molecule has 0 spiro atoms. The quantitative estimate of drug-likeness (QED) is 0.107. The first-order valence-electron chi connectivity index (χ1n) is 10.9. The molecular formula is C20H19N9O5S4. The molecule has 3 aliphatic rings. The standard InChI is InChI=1S/C20H19N9O5S4/c1-2-3-28-20(24-26-27-28)38-5-9-4-36-17-13(16(31)29(17)14(9)18(32)33)23-15(30)12(11-8-37-19(21)22-11)25-34-10-6-35-7-10/h1,8,10,13,17H,3-7H2,(H2,21,22)(H,23,30)(H,32,33)/b25-12+. The Morgan fingerprint density at radius 2 is 2.24 bits per heavy atom. The topological polar surface area (TPSA) is 191 Å². The van der Waals surface area contributed by atoms with Gasteiger partial charge in [-0.3, -0.25) is 14.5 Å². The maximum Gasteiger partial charge on any atom is 0.352 e. The second-order valence-corrected chi connectivity index (χ2v) is 12.0. The molecule has 0 aromatic carbocycles. The van der Waals surface area contributed by atoms with Gasteiger partial charge in [0.05, 0.1) is 0 Å². The predicted octanol–water partition coefficient (Wildman–Crippen LogP) is -0.288. The van der Waals surface area contributed by atoms with Crippen molar-refractivity contribution in [1.29, 1.82) is 0 Å². The van der Waals surface area contributed by atoms with E-state index >= 15 is 0 Å². The minimum Gasteiger partial charge on any atom is -0.477 e. The van der Waals surface area contributed by atoms with Gasteiger partial charge in [0.1, 0.15) is 35.5 Å². The van der Waals surface area contributed by atoms with Crippen LogP contribution < -0.4 is 11.1 Å². The number of carbonyl (C=O) groups is 3. The molecule has 2 fully saturated rings. The van der Waals surface area contributed by atoms with Crippen molar-refractivity contribution < 1.29 is 24.3 Å². The van der Waals surface area contributed by atoms with Crippen molar-refractivity contribution in [1.82, 2.24) is 35.4 Å². The Morgan fingerprint density at radius 1 is 1.42 bits per heavy atom. The molecule has 2 atom stereocenters. The lowest BCUT2D eigenvalue weighted by Gasteiger charge is -2.49. The fraction of sp³-hybridized carbons (Fsp3) is 0.400. The van der Waals surface area contributed by atoms with E-state index in [0.717, 1.165) is 22.8 Å². The number of nitrogens with zero attached hydrogens (tertiary/aromatic N) is 7. The molecule has 0 bridgehead atoms. The molecule has 0 radical (unpaired) electrons. The number of hydrogen-bond acceptors (Lipinski definition) is 14. The molecule has 198 valence electrons. The summed E-state index contributed by atoms with van der Waals surface area (Å²) < 4.78 is 1.42. The minimum absolute atomic E-state index is 0.0994. The Bertz CT molecular complexity index is 1380. The molecule has 2 aromatic rings. The van der Waals surface area contributed by atoms with Crippen LogP contribution in [0.3, 0.4) is 0 Å². The van der Waals surface area contributed by atoms with E-state index in [1.807, 2.05) is 0 Å². The average molecular weight is 594 g/mol. The van der Waals surface area contributed by atoms with Crippen molar-refractivity contribution in [2.75, 3.05) is 28.7 Å². The number of thiazole rings is 1. The SMILES string of the molecule is C#CCn1nnnc1SCC1=C(C(=O)O)N2C(=O)C(NC(=O)/C(=N/OC3CSC3)c3csc(N)n3)C2SC1. The van der Waals surface area contributed by atoms with Gasteiger partial charge >= 0.3 is 5.97 Å². The number of hydrogen-bond donors (Lipinski definition) is 3. The highest BCUT2D eigenvalue weighted by Gasteiger charge is 2.54. The van der Waals surface area contributed by atoms with Crippen molar-refractivity contribution in [3.63, 3.8) is 0 Å². The number of tetrazole rings is 1. The summed E-state index contributed by atoms with van der Waals surface area (Å²) >= 11 is 5.41. The van der Waals surface area contributed by atoms with Gasteiger partial charge in [-0.2, -0.15) is 11.8 Å². The third-order valence-corrected chi connectivity index (χ3v) is 9.80. The van der Waals surface area contributed by atoms with Crippen molar-refractivity contribution >= 4 is 75.2 Å². The molecule has 18 heteroatoms. The fourth-order valence-corrected chi connectivity index (χ4v) is 7.10. The van der Waals surface area contributed by atoms with Crippen molar-refractivity contribution in [2.24, 2.45) is 5.16 Å². The Hall–Kier alpha value is -3.27. The van der Waals surface area contributed by atoms with Crippen LogP contribution >= 0.6 is 46.6 Å². The van der Waals surface area contributed by atoms with Gasteiger partial charge in [-0.15, -0.1) is 34.6 Å². The highest BCUT2D eigenvalue weighted by Crippen LogP contribution is 2.41. The summed E-state index contributed by atoms with van der Waals surface area (Å²) in [6.07, 6.45) is 5.21. The summed E-state index contributed by atoms with van der Waals surface area (Å²) in [6, 6.07) is -0.945. The number of oxime groups is 1. The zero-order valence-electron chi connectivity index (χ0n) is 19.3. The lowest BCUT2D eigenvalue weighted by Crippen LogP contribution is -2.71. The number of carboxylic acid groups (broad SMARTS) is 1. The lowest BCUT2D eigenvalue weighted by molar-refractivity contribution is -0.150. The number of nitrogens with two attached hydrogens (primary N) is 1. The number of carboxylic acids is 1. The number of anilines is 1. The van der Waals surface area contributed by atoms with E-state index in [-0.39, 0.29) is 40.6 Å². The number of nitrogens with one attached hydrogen (secondary N) is 1. The highest BCUT2D eigenvalue weighted by molar-refractivity contribution is 8.01. The lowest BCUT2D eigenvalue weighted by atomic mass is 10.0. The van der Waals surface area contributed by atoms with E-state index in [2.05, 4.69) is 36.9 Å². The number of fused-ring (bicyclic) bond motifs is 1. The van der Waals surface area contributed by atoms with Crippen molar-refractivity contribution in [3.8, 4) is 12.3 Å². The van der Waals surface area contributed by atoms with E-state index in [0.29, 0.717) is 16.5 Å². The monoisotopic (exact) mass is 593 g/mol. The van der Waals surface area contributed by atoms with Crippen LogP contribution in [0.25, 0.3) is 0 Å². The van der Waals surface area contributed by atoms with E-state index in [1.54, 1.807) is 17.1 Å². The molecule has 5 rings (SSSR count). The average Bonchev–Trinajstić information content (AvgIpc) is 3.50. The highest BCUT2D eigenvalue weighted by atomic mass is 32.2. The molecular weight excluding hydrogens is 575 g/mol. The zero-order valence-corrected chi connectivity index (χ0v) is 22.6. The summed E-state index contributed by atoms with van der Waals surface area (Å²) in [6.45, 7) is 0.173. The van der Waals surface area contributed by atoms with Crippen molar-refractivity contribution in [3.05, 3.63) is 22.3 Å². The number of rotatable bonds is 10. The molecule has 2 amide bonds. The molecule has 2 aromatic heterocycles. The molecule has 4 N–H and O–H groups in total. The maximum atomic E-state index is 13.1. The number of amides is 2. The summed E-state index contributed by atoms with van der Waals surface area (Å²) in [5, 5.41) is 29.6. The number of β-lactam (4-membered cyclic amide) rings is 1. The molecule has 38 heavy (non-hydrogen) atoms. The molecule has 0 saturated carbocycles. The van der Waals surface area contributed by atoms with Gasteiger partial charge in [0.15, 0.2) is 10.8 Å². The maximum absolute atomic E-state index is 13.1. The number of aliphatic carboxylic acids is 1. The smallest absolute Gasteiger partial charge is 0.352 e. The molecule has 14 nitrogen and oxygen atoms in total. The third kappa shape index (κ3) is 5.18. The van der Waals surface area contributed by atoms with Crippen LogP contribution in [0.2, 0.25) is 0 Å². The largest absolute Gasteiger partial charge is 0.477 e.